The Morgan fingerprint density at radius 3 is 2.93 bits per heavy atom. The van der Waals surface area contributed by atoms with Crippen LogP contribution in [0.5, 0.6) is 0 Å². The van der Waals surface area contributed by atoms with Gasteiger partial charge in [-0.25, -0.2) is 0 Å². The van der Waals surface area contributed by atoms with E-state index in [0.717, 1.165) is 37.5 Å². The topological polar surface area (TPSA) is 56.7 Å². The van der Waals surface area contributed by atoms with Gasteiger partial charge in [0.05, 0.1) is 0 Å². The fourth-order valence-electron chi connectivity index (χ4n) is 2.73. The van der Waals surface area contributed by atoms with Crippen molar-refractivity contribution in [3.05, 3.63) is 11.6 Å². The largest absolute Gasteiger partial charge is 0.324 e. The van der Waals surface area contributed by atoms with Gasteiger partial charge < -0.3 is 10.3 Å². The molecule has 1 fully saturated rings. The number of nitrogens with zero attached hydrogens (tertiary/aromatic N) is 3. The molecule has 4 nitrogen and oxygen atoms in total. The highest BCUT2D eigenvalue weighted by molar-refractivity contribution is 5.19. The zero-order chi connectivity index (χ0) is 10.5. The lowest BCUT2D eigenvalue weighted by Crippen LogP contribution is -2.35. The van der Waals surface area contributed by atoms with Gasteiger partial charge in [0, 0.05) is 24.4 Å². The van der Waals surface area contributed by atoms with E-state index in [0.29, 0.717) is 5.92 Å². The lowest BCUT2D eigenvalue weighted by molar-refractivity contribution is 0.375. The summed E-state index contributed by atoms with van der Waals surface area (Å²) in [4.78, 5) is 0. The maximum absolute atomic E-state index is 6.31. The van der Waals surface area contributed by atoms with Gasteiger partial charge in [-0.15, -0.1) is 10.2 Å². The Balaban J connectivity index is 2.00. The number of hydrogen-bond donors (Lipinski definition) is 1. The van der Waals surface area contributed by atoms with Crippen LogP contribution in [-0.2, 0) is 13.0 Å². The van der Waals surface area contributed by atoms with Crippen LogP contribution < -0.4 is 5.73 Å². The molecule has 0 spiro atoms. The van der Waals surface area contributed by atoms with E-state index >= 15 is 0 Å². The van der Waals surface area contributed by atoms with Crippen molar-refractivity contribution < 1.29 is 0 Å². The summed E-state index contributed by atoms with van der Waals surface area (Å²) in [5.41, 5.74) is 6.36. The second kappa shape index (κ2) is 3.04. The van der Waals surface area contributed by atoms with E-state index in [9.17, 15) is 0 Å². The molecule has 0 radical (unpaired) electrons. The fraction of sp³-hybridized carbons (Fsp3) is 0.818. The zero-order valence-corrected chi connectivity index (χ0v) is 9.24. The monoisotopic (exact) mass is 206 g/mol. The fourth-order valence-corrected chi connectivity index (χ4v) is 2.73. The Bertz CT molecular complexity index is 378. The van der Waals surface area contributed by atoms with Crippen LogP contribution in [0.15, 0.2) is 0 Å². The molecule has 0 aromatic carbocycles. The van der Waals surface area contributed by atoms with Crippen molar-refractivity contribution in [1.82, 2.24) is 14.8 Å². The Labute approximate surface area is 89.9 Å². The molecule has 1 aliphatic heterocycles. The van der Waals surface area contributed by atoms with E-state index in [-0.39, 0.29) is 5.54 Å². The number of aromatic nitrogens is 3. The van der Waals surface area contributed by atoms with E-state index < -0.39 is 0 Å². The van der Waals surface area contributed by atoms with Crippen molar-refractivity contribution in [1.29, 1.82) is 0 Å². The lowest BCUT2D eigenvalue weighted by Gasteiger charge is -2.28. The molecule has 2 N–H and O–H groups in total. The minimum atomic E-state index is 0.0518. The van der Waals surface area contributed by atoms with Gasteiger partial charge in [-0.2, -0.15) is 0 Å². The molecule has 2 heterocycles. The van der Waals surface area contributed by atoms with Gasteiger partial charge in [-0.05, 0) is 25.7 Å². The molecule has 15 heavy (non-hydrogen) atoms. The third kappa shape index (κ3) is 1.31. The quantitative estimate of drug-likeness (QED) is 0.791. The first-order chi connectivity index (χ1) is 7.24. The highest BCUT2D eigenvalue weighted by Gasteiger charge is 2.49. The Kier molecular flexibility index (Phi) is 1.89. The summed E-state index contributed by atoms with van der Waals surface area (Å²) in [7, 11) is 0. The first-order valence-electron chi connectivity index (χ1n) is 5.95. The predicted octanol–water partition coefficient (Wildman–Crippen LogP) is 1.21. The zero-order valence-electron chi connectivity index (χ0n) is 9.24. The standard InChI is InChI=1S/C11H18N4/c1-2-9-13-14-10-8(11(12)5-6-11)4-3-7-15(9)10/h8H,2-7,12H2,1H3. The van der Waals surface area contributed by atoms with E-state index in [4.69, 9.17) is 5.73 Å². The highest BCUT2D eigenvalue weighted by Crippen LogP contribution is 2.48. The summed E-state index contributed by atoms with van der Waals surface area (Å²) >= 11 is 0. The van der Waals surface area contributed by atoms with Crippen LogP contribution in [0.2, 0.25) is 0 Å². The van der Waals surface area contributed by atoms with E-state index in [1.807, 2.05) is 0 Å². The second-order valence-electron chi connectivity index (χ2n) is 4.91. The van der Waals surface area contributed by atoms with Gasteiger partial charge >= 0.3 is 0 Å². The van der Waals surface area contributed by atoms with Crippen LogP contribution in [0.3, 0.4) is 0 Å². The van der Waals surface area contributed by atoms with E-state index in [1.54, 1.807) is 0 Å². The lowest BCUT2D eigenvalue weighted by atomic mass is 9.89. The molecular weight excluding hydrogens is 188 g/mol. The summed E-state index contributed by atoms with van der Waals surface area (Å²) in [6, 6.07) is 0. The van der Waals surface area contributed by atoms with Crippen molar-refractivity contribution in [2.24, 2.45) is 5.73 Å². The number of fused-ring (bicyclic) bond motifs is 1. The van der Waals surface area contributed by atoms with Crippen LogP contribution in [-0.4, -0.2) is 20.3 Å². The van der Waals surface area contributed by atoms with Gasteiger partial charge in [0.1, 0.15) is 11.6 Å². The Morgan fingerprint density at radius 2 is 2.27 bits per heavy atom. The van der Waals surface area contributed by atoms with Crippen molar-refractivity contribution in [3.63, 3.8) is 0 Å². The van der Waals surface area contributed by atoms with Crippen molar-refractivity contribution in [3.8, 4) is 0 Å². The third-order valence-corrected chi connectivity index (χ3v) is 3.88. The summed E-state index contributed by atoms with van der Waals surface area (Å²) in [6.07, 6.45) is 5.70. The highest BCUT2D eigenvalue weighted by atomic mass is 15.3. The van der Waals surface area contributed by atoms with Crippen LogP contribution >= 0.6 is 0 Å². The Hall–Kier alpha value is -0.900. The molecule has 1 aromatic heterocycles. The minimum Gasteiger partial charge on any atom is -0.324 e. The van der Waals surface area contributed by atoms with Gasteiger partial charge in [0.25, 0.3) is 0 Å². The third-order valence-electron chi connectivity index (χ3n) is 3.88. The molecular formula is C11H18N4. The van der Waals surface area contributed by atoms with Gasteiger partial charge in [0.2, 0.25) is 0 Å². The van der Waals surface area contributed by atoms with Crippen molar-refractivity contribution in [2.75, 3.05) is 0 Å². The van der Waals surface area contributed by atoms with Crippen molar-refractivity contribution in [2.45, 2.75) is 57.0 Å². The molecule has 0 bridgehead atoms. The molecule has 1 unspecified atom stereocenters. The first-order valence-corrected chi connectivity index (χ1v) is 5.95. The van der Waals surface area contributed by atoms with Crippen LogP contribution in [0, 0.1) is 0 Å². The number of aryl methyl sites for hydroxylation is 1. The molecule has 0 amide bonds. The van der Waals surface area contributed by atoms with E-state index in [2.05, 4.69) is 21.7 Å². The average molecular weight is 206 g/mol. The second-order valence-corrected chi connectivity index (χ2v) is 4.91. The van der Waals surface area contributed by atoms with Gasteiger partial charge in [-0.3, -0.25) is 0 Å². The molecule has 4 heteroatoms. The molecule has 3 rings (SSSR count). The number of hydrogen-bond acceptors (Lipinski definition) is 3. The maximum atomic E-state index is 6.31. The van der Waals surface area contributed by atoms with Gasteiger partial charge in [-0.1, -0.05) is 6.92 Å². The Morgan fingerprint density at radius 1 is 1.47 bits per heavy atom. The number of nitrogens with two attached hydrogens (primary N) is 1. The van der Waals surface area contributed by atoms with Crippen LogP contribution in [0.25, 0.3) is 0 Å². The summed E-state index contributed by atoms with van der Waals surface area (Å²) in [5.74, 6) is 2.73. The minimum absolute atomic E-state index is 0.0518. The first kappa shape index (κ1) is 9.33. The predicted molar refractivity (Wildman–Crippen MR) is 57.5 cm³/mol. The average Bonchev–Trinajstić information content (AvgIpc) is 2.87. The normalized spacial score (nSPS) is 27.5. The smallest absolute Gasteiger partial charge is 0.137 e. The number of rotatable bonds is 2. The molecule has 0 saturated heterocycles. The van der Waals surface area contributed by atoms with Crippen molar-refractivity contribution >= 4 is 0 Å². The van der Waals surface area contributed by atoms with Crippen LogP contribution in [0.1, 0.15) is 50.2 Å². The molecule has 82 valence electrons. The maximum Gasteiger partial charge on any atom is 0.137 e. The molecule has 1 aliphatic carbocycles. The summed E-state index contributed by atoms with van der Waals surface area (Å²) in [6.45, 7) is 3.22. The molecule has 1 aromatic rings. The van der Waals surface area contributed by atoms with Gasteiger partial charge in [0.15, 0.2) is 0 Å². The summed E-state index contributed by atoms with van der Waals surface area (Å²) in [5, 5.41) is 8.61. The molecule has 1 atom stereocenters. The molecule has 1 saturated carbocycles. The SMILES string of the molecule is CCc1nnc2n1CCCC2C1(N)CC1. The van der Waals surface area contributed by atoms with E-state index in [1.165, 1.54) is 12.8 Å². The molecule has 2 aliphatic rings. The van der Waals surface area contributed by atoms with Crippen LogP contribution in [0.4, 0.5) is 0 Å². The summed E-state index contributed by atoms with van der Waals surface area (Å²) < 4.78 is 2.29.